The molecule has 0 aromatic rings. The minimum Gasteiger partial charge on any atom is -0.171 e. The maximum atomic E-state index is 11.9. The number of thioether (sulfide) groups is 1. The quantitative estimate of drug-likeness (QED) is 0.651. The maximum Gasteiger partial charge on any atom is 0.392 e. The third kappa shape index (κ3) is 5.41. The fourth-order valence-corrected chi connectivity index (χ4v) is 1.29. The van der Waals surface area contributed by atoms with Crippen LogP contribution < -0.4 is 0 Å². The molecule has 0 amide bonds. The van der Waals surface area contributed by atoms with Gasteiger partial charge in [0.2, 0.25) is 0 Å². The number of halogens is 3. The van der Waals surface area contributed by atoms with Gasteiger partial charge in [-0.05, 0) is 5.25 Å². The molecule has 0 rings (SSSR count). The highest BCUT2D eigenvalue weighted by Crippen LogP contribution is 2.29. The van der Waals surface area contributed by atoms with E-state index in [1.165, 1.54) is 18.7 Å². The molecule has 0 spiro atoms. The van der Waals surface area contributed by atoms with Gasteiger partial charge in [-0.1, -0.05) is 20.8 Å². The summed E-state index contributed by atoms with van der Waals surface area (Å²) in [6.07, 6.45) is -4.03. The molecule has 68 valence electrons. The Balaban J connectivity index is 3.61. The van der Waals surface area contributed by atoms with Crippen LogP contribution in [-0.4, -0.2) is 17.2 Å². The molecule has 0 nitrogen and oxygen atoms in total. The van der Waals surface area contributed by atoms with Crippen LogP contribution in [0.5, 0.6) is 0 Å². The van der Waals surface area contributed by atoms with E-state index in [4.69, 9.17) is 0 Å². The molecule has 1 atom stereocenters. The summed E-state index contributed by atoms with van der Waals surface area (Å²) in [5, 5.41) is 0.278. The van der Waals surface area contributed by atoms with Crippen LogP contribution in [0.2, 0.25) is 0 Å². The van der Waals surface area contributed by atoms with Crippen molar-refractivity contribution in [1.29, 1.82) is 0 Å². The predicted molar refractivity (Wildman–Crippen MR) is 42.8 cm³/mol. The molecule has 0 aliphatic rings. The van der Waals surface area contributed by atoms with E-state index in [1.54, 1.807) is 0 Å². The topological polar surface area (TPSA) is 0 Å². The number of rotatable bonds is 3. The lowest BCUT2D eigenvalue weighted by Crippen LogP contribution is -2.22. The van der Waals surface area contributed by atoms with E-state index in [2.05, 4.69) is 0 Å². The second-order valence-corrected chi connectivity index (χ2v) is 4.43. The molecule has 4 heteroatoms. The van der Waals surface area contributed by atoms with Crippen LogP contribution in [0.15, 0.2) is 0 Å². The van der Waals surface area contributed by atoms with E-state index >= 15 is 0 Å². The Morgan fingerprint density at radius 1 is 1.18 bits per heavy atom. The van der Waals surface area contributed by atoms with E-state index in [1.807, 2.05) is 13.8 Å². The Labute approximate surface area is 69.5 Å². The van der Waals surface area contributed by atoms with E-state index in [-0.39, 0.29) is 11.0 Å². The Morgan fingerprint density at radius 3 is 1.91 bits per heavy atom. The lowest BCUT2D eigenvalue weighted by Gasteiger charge is -2.15. The zero-order valence-corrected chi connectivity index (χ0v) is 7.72. The lowest BCUT2D eigenvalue weighted by molar-refractivity contribution is -0.162. The molecular formula is C7H13F3S. The molecule has 0 aromatic heterocycles. The van der Waals surface area contributed by atoms with Gasteiger partial charge in [-0.3, -0.25) is 0 Å². The summed E-state index contributed by atoms with van der Waals surface area (Å²) in [5.74, 6) is -1.02. The molecule has 11 heavy (non-hydrogen) atoms. The van der Waals surface area contributed by atoms with Crippen molar-refractivity contribution < 1.29 is 13.2 Å². The van der Waals surface area contributed by atoms with Crippen LogP contribution in [0.4, 0.5) is 13.2 Å². The van der Waals surface area contributed by atoms with Crippen molar-refractivity contribution in [2.45, 2.75) is 32.2 Å². The second kappa shape index (κ2) is 4.24. The van der Waals surface area contributed by atoms with Crippen molar-refractivity contribution in [3.63, 3.8) is 0 Å². The van der Waals surface area contributed by atoms with Crippen LogP contribution in [0, 0.1) is 5.92 Å². The van der Waals surface area contributed by atoms with Crippen molar-refractivity contribution in [2.75, 3.05) is 5.75 Å². The lowest BCUT2D eigenvalue weighted by atomic mass is 10.2. The second-order valence-electron chi connectivity index (χ2n) is 2.82. The first-order chi connectivity index (χ1) is 4.84. The Kier molecular flexibility index (Phi) is 4.29. The molecule has 0 saturated heterocycles. The fourth-order valence-electron chi connectivity index (χ4n) is 0.431. The molecule has 0 bridgehead atoms. The molecule has 0 N–H and O–H groups in total. The van der Waals surface area contributed by atoms with Crippen molar-refractivity contribution >= 4 is 11.8 Å². The Hall–Kier alpha value is 0.140. The highest BCUT2D eigenvalue weighted by atomic mass is 32.2. The van der Waals surface area contributed by atoms with Gasteiger partial charge in [0.05, 0.1) is 5.92 Å². The summed E-state index contributed by atoms with van der Waals surface area (Å²) >= 11 is 1.35. The molecule has 0 saturated carbocycles. The number of alkyl halides is 3. The van der Waals surface area contributed by atoms with Crippen LogP contribution in [0.25, 0.3) is 0 Å². The van der Waals surface area contributed by atoms with Gasteiger partial charge in [0.1, 0.15) is 0 Å². The third-order valence-corrected chi connectivity index (χ3v) is 2.60. The van der Waals surface area contributed by atoms with Crippen LogP contribution in [0.1, 0.15) is 20.8 Å². The first kappa shape index (κ1) is 11.1. The normalized spacial score (nSPS) is 15.5. The van der Waals surface area contributed by atoms with Crippen molar-refractivity contribution in [1.82, 2.24) is 0 Å². The predicted octanol–water partition coefficient (Wildman–Crippen LogP) is 3.33. The zero-order valence-electron chi connectivity index (χ0n) is 6.90. The van der Waals surface area contributed by atoms with Gasteiger partial charge in [-0.15, -0.1) is 0 Å². The zero-order chi connectivity index (χ0) is 9.07. The Morgan fingerprint density at radius 2 is 1.64 bits per heavy atom. The monoisotopic (exact) mass is 186 g/mol. The fraction of sp³-hybridized carbons (Fsp3) is 1.00. The summed E-state index contributed by atoms with van der Waals surface area (Å²) in [5.41, 5.74) is 0. The standard InChI is InChI=1S/C7H13F3S/c1-5(2)11-4-6(3)7(8,9)10/h5-6H,4H2,1-3H3. The summed E-state index contributed by atoms with van der Waals surface area (Å²) < 4.78 is 35.7. The van der Waals surface area contributed by atoms with Crippen molar-refractivity contribution in [3.8, 4) is 0 Å². The van der Waals surface area contributed by atoms with Gasteiger partial charge >= 0.3 is 6.18 Å². The molecule has 0 aromatic carbocycles. The highest BCUT2D eigenvalue weighted by molar-refractivity contribution is 7.99. The van der Waals surface area contributed by atoms with Gasteiger partial charge in [0.25, 0.3) is 0 Å². The van der Waals surface area contributed by atoms with Crippen LogP contribution in [0.3, 0.4) is 0 Å². The minimum atomic E-state index is -4.03. The summed E-state index contributed by atoms with van der Waals surface area (Å²) in [7, 11) is 0. The third-order valence-electron chi connectivity index (χ3n) is 1.24. The van der Waals surface area contributed by atoms with Gasteiger partial charge < -0.3 is 0 Å². The number of hydrogen-bond acceptors (Lipinski definition) is 1. The summed E-state index contributed by atoms with van der Waals surface area (Å²) in [4.78, 5) is 0. The summed E-state index contributed by atoms with van der Waals surface area (Å²) in [6, 6.07) is 0. The SMILES string of the molecule is CC(C)SCC(C)C(F)(F)F. The van der Waals surface area contributed by atoms with Gasteiger partial charge in [0, 0.05) is 5.75 Å². The maximum absolute atomic E-state index is 11.9. The summed E-state index contributed by atoms with van der Waals surface area (Å²) in [6.45, 7) is 5.01. The number of hydrogen-bond donors (Lipinski definition) is 0. The molecule has 0 aliphatic heterocycles. The molecule has 0 radical (unpaired) electrons. The molecule has 0 heterocycles. The first-order valence-electron chi connectivity index (χ1n) is 3.52. The van der Waals surface area contributed by atoms with Gasteiger partial charge in [0.15, 0.2) is 0 Å². The minimum absolute atomic E-state index is 0.168. The average molecular weight is 186 g/mol. The first-order valence-corrected chi connectivity index (χ1v) is 4.57. The van der Waals surface area contributed by atoms with E-state index in [0.717, 1.165) is 0 Å². The van der Waals surface area contributed by atoms with Crippen LogP contribution >= 0.6 is 11.8 Å². The smallest absolute Gasteiger partial charge is 0.171 e. The van der Waals surface area contributed by atoms with E-state index in [9.17, 15) is 13.2 Å². The molecule has 0 fully saturated rings. The van der Waals surface area contributed by atoms with E-state index in [0.29, 0.717) is 0 Å². The Bertz CT molecular complexity index is 109. The molecule has 1 unspecified atom stereocenters. The molecule has 0 aliphatic carbocycles. The molecular weight excluding hydrogens is 173 g/mol. The van der Waals surface area contributed by atoms with Gasteiger partial charge in [-0.2, -0.15) is 24.9 Å². The highest BCUT2D eigenvalue weighted by Gasteiger charge is 2.35. The van der Waals surface area contributed by atoms with Crippen molar-refractivity contribution in [3.05, 3.63) is 0 Å². The largest absolute Gasteiger partial charge is 0.392 e. The van der Waals surface area contributed by atoms with Crippen LogP contribution in [-0.2, 0) is 0 Å². The van der Waals surface area contributed by atoms with E-state index < -0.39 is 12.1 Å². The van der Waals surface area contributed by atoms with Gasteiger partial charge in [-0.25, -0.2) is 0 Å². The van der Waals surface area contributed by atoms with Crippen molar-refractivity contribution in [2.24, 2.45) is 5.92 Å². The average Bonchev–Trinajstić information content (AvgIpc) is 1.80.